The number of ether oxygens (including phenoxy) is 6. The number of hydrogen-bond donors (Lipinski definition) is 0. The molecule has 170 valence electrons. The molecule has 1 saturated heterocycles. The molecule has 9 nitrogen and oxygen atoms in total. The maximum Gasteiger partial charge on any atom is 0.310 e. The molecule has 0 radical (unpaired) electrons. The van der Waals surface area contributed by atoms with Crippen LogP contribution in [0.1, 0.15) is 11.3 Å². The van der Waals surface area contributed by atoms with E-state index in [1.165, 1.54) is 21.3 Å². The van der Waals surface area contributed by atoms with Gasteiger partial charge in [-0.2, -0.15) is 0 Å². The lowest BCUT2D eigenvalue weighted by atomic mass is 10.0. The SMILES string of the molecule is COCOc1cc(CC(=O)OC)c(-c2ccc(CN3CCOCC3)o2)c(OCOC)c1. The standard InChI is InChI=1S/C22H29NO8/c1-25-14-29-18-10-16(11-21(24)27-3)22(20(12-18)30-15-26-2)19-5-4-17(31-19)13-23-6-8-28-9-7-23/h4-5,10,12H,6-9,11,13-15H2,1-3H3. The van der Waals surface area contributed by atoms with Crippen LogP contribution in [0.5, 0.6) is 11.5 Å². The fourth-order valence-corrected chi connectivity index (χ4v) is 3.32. The zero-order chi connectivity index (χ0) is 22.1. The Kier molecular flexibility index (Phi) is 8.72. The summed E-state index contributed by atoms with van der Waals surface area (Å²) in [6, 6.07) is 7.29. The molecule has 0 spiro atoms. The van der Waals surface area contributed by atoms with Gasteiger partial charge in [0.25, 0.3) is 0 Å². The molecule has 1 aliphatic rings. The van der Waals surface area contributed by atoms with Crippen LogP contribution in [0.15, 0.2) is 28.7 Å². The summed E-state index contributed by atoms with van der Waals surface area (Å²) < 4.78 is 37.9. The van der Waals surface area contributed by atoms with Crippen molar-refractivity contribution >= 4 is 5.97 Å². The van der Waals surface area contributed by atoms with E-state index in [2.05, 4.69) is 4.90 Å². The van der Waals surface area contributed by atoms with Gasteiger partial charge >= 0.3 is 5.97 Å². The van der Waals surface area contributed by atoms with E-state index in [0.717, 1.165) is 32.1 Å². The van der Waals surface area contributed by atoms with E-state index >= 15 is 0 Å². The van der Waals surface area contributed by atoms with E-state index in [0.29, 0.717) is 34.9 Å². The van der Waals surface area contributed by atoms with Gasteiger partial charge in [0, 0.05) is 33.4 Å². The lowest BCUT2D eigenvalue weighted by Crippen LogP contribution is -2.35. The zero-order valence-corrected chi connectivity index (χ0v) is 18.2. The van der Waals surface area contributed by atoms with Gasteiger partial charge in [0.2, 0.25) is 0 Å². The van der Waals surface area contributed by atoms with Gasteiger partial charge in [0.05, 0.1) is 38.9 Å². The summed E-state index contributed by atoms with van der Waals surface area (Å²) in [5.41, 5.74) is 1.30. The van der Waals surface area contributed by atoms with E-state index in [9.17, 15) is 4.79 Å². The minimum atomic E-state index is -0.386. The fourth-order valence-electron chi connectivity index (χ4n) is 3.32. The van der Waals surface area contributed by atoms with Crippen molar-refractivity contribution < 1.29 is 37.6 Å². The molecular formula is C22H29NO8. The quantitative estimate of drug-likeness (QED) is 0.390. The third kappa shape index (κ3) is 6.44. The number of carbonyl (C=O) groups is 1. The average Bonchev–Trinajstić information content (AvgIpc) is 3.24. The van der Waals surface area contributed by atoms with Crippen molar-refractivity contribution in [1.29, 1.82) is 0 Å². The number of esters is 1. The van der Waals surface area contributed by atoms with Crippen LogP contribution < -0.4 is 9.47 Å². The fraction of sp³-hybridized carbons (Fsp3) is 0.500. The molecule has 3 rings (SSSR count). The smallest absolute Gasteiger partial charge is 0.310 e. The normalized spacial score (nSPS) is 14.4. The van der Waals surface area contributed by atoms with Crippen LogP contribution in [-0.4, -0.2) is 72.1 Å². The van der Waals surface area contributed by atoms with Gasteiger partial charge in [-0.1, -0.05) is 0 Å². The Morgan fingerprint density at radius 3 is 2.48 bits per heavy atom. The van der Waals surface area contributed by atoms with E-state index < -0.39 is 0 Å². The Labute approximate surface area is 181 Å². The van der Waals surface area contributed by atoms with Crippen LogP contribution in [0.3, 0.4) is 0 Å². The Morgan fingerprint density at radius 1 is 1.03 bits per heavy atom. The number of nitrogens with zero attached hydrogens (tertiary/aromatic N) is 1. The summed E-state index contributed by atoms with van der Waals surface area (Å²) in [7, 11) is 4.42. The molecule has 1 aliphatic heterocycles. The third-order valence-corrected chi connectivity index (χ3v) is 4.79. The van der Waals surface area contributed by atoms with Crippen LogP contribution in [-0.2, 0) is 36.7 Å². The Bertz CT molecular complexity index is 844. The Morgan fingerprint density at radius 2 is 1.77 bits per heavy atom. The molecule has 1 aromatic carbocycles. The van der Waals surface area contributed by atoms with E-state index in [4.69, 9.17) is 32.8 Å². The second-order valence-electron chi connectivity index (χ2n) is 6.96. The molecule has 1 aromatic heterocycles. The molecule has 1 fully saturated rings. The molecule has 9 heteroatoms. The molecule has 0 atom stereocenters. The third-order valence-electron chi connectivity index (χ3n) is 4.79. The lowest BCUT2D eigenvalue weighted by Gasteiger charge is -2.25. The minimum absolute atomic E-state index is 0.0266. The first-order chi connectivity index (χ1) is 15.1. The highest BCUT2D eigenvalue weighted by Gasteiger charge is 2.21. The van der Waals surface area contributed by atoms with E-state index in [1.807, 2.05) is 12.1 Å². The number of morpholine rings is 1. The Hall–Kier alpha value is -2.59. The van der Waals surface area contributed by atoms with Crippen LogP contribution >= 0.6 is 0 Å². The van der Waals surface area contributed by atoms with E-state index in [-0.39, 0.29) is 26.0 Å². The van der Waals surface area contributed by atoms with Gasteiger partial charge in [-0.05, 0) is 23.8 Å². The topological polar surface area (TPSA) is 88.8 Å². The number of rotatable bonds is 11. The molecule has 31 heavy (non-hydrogen) atoms. The molecule has 0 saturated carbocycles. The first-order valence-corrected chi connectivity index (χ1v) is 10.0. The van der Waals surface area contributed by atoms with Crippen molar-refractivity contribution in [2.75, 3.05) is 61.2 Å². The van der Waals surface area contributed by atoms with Crippen LogP contribution in [0, 0.1) is 0 Å². The minimum Gasteiger partial charge on any atom is -0.469 e. The van der Waals surface area contributed by atoms with Gasteiger partial charge in [-0.15, -0.1) is 0 Å². The second kappa shape index (κ2) is 11.7. The summed E-state index contributed by atoms with van der Waals surface area (Å²) in [6.45, 7) is 3.92. The molecule has 0 amide bonds. The number of furan rings is 1. The summed E-state index contributed by atoms with van der Waals surface area (Å²) >= 11 is 0. The zero-order valence-electron chi connectivity index (χ0n) is 18.2. The van der Waals surface area contributed by atoms with Crippen molar-refractivity contribution in [3.8, 4) is 22.8 Å². The van der Waals surface area contributed by atoms with Crippen molar-refractivity contribution in [2.45, 2.75) is 13.0 Å². The summed E-state index contributed by atoms with van der Waals surface area (Å²) in [6.07, 6.45) is 0.0266. The maximum absolute atomic E-state index is 12.1. The predicted molar refractivity (Wildman–Crippen MR) is 111 cm³/mol. The van der Waals surface area contributed by atoms with Crippen LogP contribution in [0.2, 0.25) is 0 Å². The van der Waals surface area contributed by atoms with Crippen molar-refractivity contribution in [3.05, 3.63) is 35.6 Å². The second-order valence-corrected chi connectivity index (χ2v) is 6.96. The lowest BCUT2D eigenvalue weighted by molar-refractivity contribution is -0.139. The summed E-state index contributed by atoms with van der Waals surface area (Å²) in [4.78, 5) is 14.4. The number of hydrogen-bond acceptors (Lipinski definition) is 9. The van der Waals surface area contributed by atoms with Crippen LogP contribution in [0.25, 0.3) is 11.3 Å². The summed E-state index contributed by atoms with van der Waals surface area (Å²) in [5, 5.41) is 0. The first-order valence-electron chi connectivity index (χ1n) is 10.0. The monoisotopic (exact) mass is 435 g/mol. The van der Waals surface area contributed by atoms with Gasteiger partial charge in [0.15, 0.2) is 13.6 Å². The van der Waals surface area contributed by atoms with Crippen molar-refractivity contribution in [1.82, 2.24) is 4.90 Å². The highest BCUT2D eigenvalue weighted by atomic mass is 16.7. The van der Waals surface area contributed by atoms with Gasteiger partial charge in [0.1, 0.15) is 23.0 Å². The molecule has 2 heterocycles. The predicted octanol–water partition coefficient (Wildman–Crippen LogP) is 2.46. The molecule has 0 bridgehead atoms. The van der Waals surface area contributed by atoms with Crippen LogP contribution in [0.4, 0.5) is 0 Å². The molecule has 0 N–H and O–H groups in total. The Balaban J connectivity index is 1.95. The average molecular weight is 435 g/mol. The van der Waals surface area contributed by atoms with Crippen molar-refractivity contribution in [2.24, 2.45) is 0 Å². The summed E-state index contributed by atoms with van der Waals surface area (Å²) in [5.74, 6) is 1.99. The first kappa shape index (κ1) is 23.1. The molecule has 2 aromatic rings. The van der Waals surface area contributed by atoms with E-state index in [1.54, 1.807) is 12.1 Å². The largest absolute Gasteiger partial charge is 0.469 e. The van der Waals surface area contributed by atoms with Gasteiger partial charge < -0.3 is 32.8 Å². The molecule has 0 aliphatic carbocycles. The molecular weight excluding hydrogens is 406 g/mol. The number of carbonyl (C=O) groups excluding carboxylic acids is 1. The maximum atomic E-state index is 12.1. The number of methoxy groups -OCH3 is 3. The number of benzene rings is 1. The van der Waals surface area contributed by atoms with Gasteiger partial charge in [-0.3, -0.25) is 9.69 Å². The molecule has 0 unspecified atom stereocenters. The van der Waals surface area contributed by atoms with Gasteiger partial charge in [-0.25, -0.2) is 0 Å². The highest BCUT2D eigenvalue weighted by Crippen LogP contribution is 2.39. The highest BCUT2D eigenvalue weighted by molar-refractivity contribution is 5.80. The van der Waals surface area contributed by atoms with Crippen molar-refractivity contribution in [3.63, 3.8) is 0 Å².